The molecular weight excluding hydrogens is 323 g/mol. The lowest BCUT2D eigenvalue weighted by atomic mass is 10.2. The van der Waals surface area contributed by atoms with Crippen LogP contribution in [0.1, 0.15) is 10.4 Å². The minimum absolute atomic E-state index is 0.0684. The lowest BCUT2D eigenvalue weighted by Crippen LogP contribution is -2.13. The van der Waals surface area contributed by atoms with Crippen LogP contribution >= 0.6 is 23.4 Å². The molecule has 0 aliphatic carbocycles. The molecule has 2 rings (SSSR count). The maximum absolute atomic E-state index is 13.1. The SMILES string of the molecule is O=C(Nc1cccc(Cl)c1SC(F)F)c1cccc(F)c1. The normalized spacial score (nSPS) is 10.7. The van der Waals surface area contributed by atoms with E-state index in [1.165, 1.54) is 36.4 Å². The van der Waals surface area contributed by atoms with Gasteiger partial charge in [-0.3, -0.25) is 4.79 Å². The fraction of sp³-hybridized carbons (Fsp3) is 0.0714. The van der Waals surface area contributed by atoms with Crippen molar-refractivity contribution in [3.05, 3.63) is 58.9 Å². The highest BCUT2D eigenvalue weighted by Gasteiger charge is 2.16. The molecule has 0 fully saturated rings. The smallest absolute Gasteiger partial charge is 0.289 e. The Kier molecular flexibility index (Phi) is 5.14. The number of alkyl halides is 2. The monoisotopic (exact) mass is 331 g/mol. The highest BCUT2D eigenvalue weighted by molar-refractivity contribution is 7.99. The highest BCUT2D eigenvalue weighted by atomic mass is 35.5. The number of rotatable bonds is 4. The summed E-state index contributed by atoms with van der Waals surface area (Å²) in [6.07, 6.45) is 0. The number of halogens is 4. The molecule has 2 aromatic carbocycles. The van der Waals surface area contributed by atoms with E-state index >= 15 is 0 Å². The minimum Gasteiger partial charge on any atom is -0.321 e. The summed E-state index contributed by atoms with van der Waals surface area (Å²) in [5.41, 5.74) is 0.241. The van der Waals surface area contributed by atoms with Crippen LogP contribution < -0.4 is 5.32 Å². The van der Waals surface area contributed by atoms with E-state index in [9.17, 15) is 18.0 Å². The molecular formula is C14H9ClF3NOS. The van der Waals surface area contributed by atoms with E-state index in [1.807, 2.05) is 0 Å². The molecule has 0 spiro atoms. The fourth-order valence-electron chi connectivity index (χ4n) is 1.64. The predicted octanol–water partition coefficient (Wildman–Crippen LogP) is 5.05. The zero-order chi connectivity index (χ0) is 15.4. The van der Waals surface area contributed by atoms with Crippen LogP contribution in [0.5, 0.6) is 0 Å². The predicted molar refractivity (Wildman–Crippen MR) is 77.7 cm³/mol. The summed E-state index contributed by atoms with van der Waals surface area (Å²) >= 11 is 6.10. The second-order valence-electron chi connectivity index (χ2n) is 3.96. The lowest BCUT2D eigenvalue weighted by molar-refractivity contribution is 0.102. The summed E-state index contributed by atoms with van der Waals surface area (Å²) < 4.78 is 38.1. The van der Waals surface area contributed by atoms with Gasteiger partial charge in [0.1, 0.15) is 5.82 Å². The molecule has 2 nitrogen and oxygen atoms in total. The summed E-state index contributed by atoms with van der Waals surface area (Å²) in [5, 5.41) is 2.56. The third kappa shape index (κ3) is 4.15. The van der Waals surface area contributed by atoms with Crippen LogP contribution in [0, 0.1) is 5.82 Å². The van der Waals surface area contributed by atoms with Crippen molar-refractivity contribution in [1.82, 2.24) is 0 Å². The number of hydrogen-bond acceptors (Lipinski definition) is 2. The van der Waals surface area contributed by atoms with Gasteiger partial charge in [0.2, 0.25) is 0 Å². The topological polar surface area (TPSA) is 29.1 Å². The van der Waals surface area contributed by atoms with Gasteiger partial charge in [0.05, 0.1) is 15.6 Å². The first-order chi connectivity index (χ1) is 9.97. The molecule has 1 N–H and O–H groups in total. The molecule has 0 saturated heterocycles. The van der Waals surface area contributed by atoms with E-state index in [-0.39, 0.29) is 32.9 Å². The van der Waals surface area contributed by atoms with Crippen LogP contribution in [-0.4, -0.2) is 11.7 Å². The second kappa shape index (κ2) is 6.87. The molecule has 2 aromatic rings. The van der Waals surface area contributed by atoms with Crippen molar-refractivity contribution in [1.29, 1.82) is 0 Å². The van der Waals surface area contributed by atoms with E-state index in [4.69, 9.17) is 11.6 Å². The number of nitrogens with one attached hydrogen (secondary N) is 1. The average molecular weight is 332 g/mol. The van der Waals surface area contributed by atoms with Crippen molar-refractivity contribution < 1.29 is 18.0 Å². The van der Waals surface area contributed by atoms with Gasteiger partial charge < -0.3 is 5.32 Å². The van der Waals surface area contributed by atoms with Crippen LogP contribution in [0.2, 0.25) is 5.02 Å². The van der Waals surface area contributed by atoms with Gasteiger partial charge in [0.25, 0.3) is 11.7 Å². The molecule has 7 heteroatoms. The van der Waals surface area contributed by atoms with Crippen molar-refractivity contribution in [2.45, 2.75) is 10.7 Å². The molecule has 1 amide bonds. The molecule has 0 aromatic heterocycles. The molecule has 0 aliphatic heterocycles. The van der Waals surface area contributed by atoms with E-state index in [0.717, 1.165) is 6.07 Å². The van der Waals surface area contributed by atoms with Crippen LogP contribution in [0.3, 0.4) is 0 Å². The van der Waals surface area contributed by atoms with E-state index in [1.54, 1.807) is 0 Å². The van der Waals surface area contributed by atoms with Crippen LogP contribution in [-0.2, 0) is 0 Å². The summed E-state index contributed by atoms with van der Waals surface area (Å²) in [7, 11) is 0. The van der Waals surface area contributed by atoms with Crippen LogP contribution in [0.15, 0.2) is 47.4 Å². The Bertz CT molecular complexity index is 666. The zero-order valence-electron chi connectivity index (χ0n) is 10.4. The zero-order valence-corrected chi connectivity index (χ0v) is 12.0. The summed E-state index contributed by atoms with van der Waals surface area (Å²) in [5.74, 6) is -3.83. The fourth-order valence-corrected chi connectivity index (χ4v) is 2.55. The molecule has 0 radical (unpaired) electrons. The van der Waals surface area contributed by atoms with Gasteiger partial charge in [0.15, 0.2) is 0 Å². The largest absolute Gasteiger partial charge is 0.321 e. The van der Waals surface area contributed by atoms with Gasteiger partial charge in [-0.2, -0.15) is 8.78 Å². The molecule has 0 atom stereocenters. The summed E-state index contributed by atoms with van der Waals surface area (Å²) in [6, 6.07) is 9.49. The number of anilines is 1. The Balaban J connectivity index is 2.27. The first-order valence-corrected chi connectivity index (χ1v) is 7.03. The third-order valence-electron chi connectivity index (χ3n) is 2.51. The average Bonchev–Trinajstić information content (AvgIpc) is 2.42. The molecule has 21 heavy (non-hydrogen) atoms. The minimum atomic E-state index is -2.67. The van der Waals surface area contributed by atoms with E-state index < -0.39 is 17.5 Å². The molecule has 0 bridgehead atoms. The number of thioether (sulfide) groups is 1. The second-order valence-corrected chi connectivity index (χ2v) is 5.37. The standard InChI is InChI=1S/C14H9ClF3NOS/c15-10-5-2-6-11(12(10)21-14(17)18)19-13(20)8-3-1-4-9(16)7-8/h1-7,14H,(H,19,20). The van der Waals surface area contributed by atoms with Crippen LogP contribution in [0.25, 0.3) is 0 Å². The lowest BCUT2D eigenvalue weighted by Gasteiger charge is -2.12. The first-order valence-electron chi connectivity index (χ1n) is 5.77. The van der Waals surface area contributed by atoms with Crippen LogP contribution in [0.4, 0.5) is 18.9 Å². The van der Waals surface area contributed by atoms with E-state index in [0.29, 0.717) is 0 Å². The maximum Gasteiger partial charge on any atom is 0.289 e. The number of carbonyl (C=O) groups is 1. The molecule has 0 heterocycles. The van der Waals surface area contributed by atoms with Crippen molar-refractivity contribution in [3.8, 4) is 0 Å². The number of carbonyl (C=O) groups excluding carboxylic acids is 1. The Morgan fingerprint density at radius 2 is 1.90 bits per heavy atom. The Morgan fingerprint density at radius 1 is 1.19 bits per heavy atom. The van der Waals surface area contributed by atoms with Gasteiger partial charge in [-0.15, -0.1) is 0 Å². The molecule has 110 valence electrons. The van der Waals surface area contributed by atoms with Gasteiger partial charge in [-0.1, -0.05) is 35.5 Å². The molecule has 0 saturated carbocycles. The van der Waals surface area contributed by atoms with Gasteiger partial charge in [0, 0.05) is 5.56 Å². The van der Waals surface area contributed by atoms with Gasteiger partial charge in [-0.25, -0.2) is 4.39 Å². The Hall–Kier alpha value is -1.66. The maximum atomic E-state index is 13.1. The summed E-state index contributed by atoms with van der Waals surface area (Å²) in [6.45, 7) is 0. The summed E-state index contributed by atoms with van der Waals surface area (Å²) in [4.78, 5) is 12.1. The number of hydrogen-bond donors (Lipinski definition) is 1. The van der Waals surface area contributed by atoms with Crippen molar-refractivity contribution >= 4 is 35.0 Å². The first kappa shape index (κ1) is 15.7. The molecule has 0 unspecified atom stereocenters. The van der Waals surface area contributed by atoms with Gasteiger partial charge >= 0.3 is 0 Å². The van der Waals surface area contributed by atoms with E-state index in [2.05, 4.69) is 5.32 Å². The van der Waals surface area contributed by atoms with Crippen molar-refractivity contribution in [3.63, 3.8) is 0 Å². The third-order valence-corrected chi connectivity index (χ3v) is 3.79. The Labute approximate surface area is 128 Å². The number of benzene rings is 2. The quantitative estimate of drug-likeness (QED) is 0.795. The molecule has 0 aliphatic rings. The van der Waals surface area contributed by atoms with Gasteiger partial charge in [-0.05, 0) is 30.3 Å². The Morgan fingerprint density at radius 3 is 2.57 bits per heavy atom. The number of amides is 1. The van der Waals surface area contributed by atoms with Crippen molar-refractivity contribution in [2.75, 3.05) is 5.32 Å². The van der Waals surface area contributed by atoms with Crippen molar-refractivity contribution in [2.24, 2.45) is 0 Å². The highest BCUT2D eigenvalue weighted by Crippen LogP contribution is 2.37.